The molecule has 0 saturated carbocycles. The minimum atomic E-state index is -0.200. The Kier molecular flexibility index (Phi) is 4.71. The predicted octanol–water partition coefficient (Wildman–Crippen LogP) is 1.80. The first kappa shape index (κ1) is 13.7. The first-order valence-corrected chi connectivity index (χ1v) is 6.02. The standard InChI is InChI=1S/C13H21N3O/c1-13(2,3)15-12(17)8-6-10-16-9-5-7-11(16)14-4/h6,8,11H,5,7,9-10H2,1-3H3,(H,15,17)/b8-6+. The first-order valence-electron chi connectivity index (χ1n) is 6.02. The summed E-state index contributed by atoms with van der Waals surface area (Å²) in [5.74, 6) is -0.0731. The van der Waals surface area contributed by atoms with Gasteiger partial charge in [0.15, 0.2) is 0 Å². The molecular formula is C13H21N3O. The molecule has 1 heterocycles. The smallest absolute Gasteiger partial charge is 0.280 e. The Bertz CT molecular complexity index is 336. The second kappa shape index (κ2) is 5.83. The zero-order chi connectivity index (χ0) is 12.9. The summed E-state index contributed by atoms with van der Waals surface area (Å²) in [6.07, 6.45) is 5.43. The Hall–Kier alpha value is -1.34. The maximum absolute atomic E-state index is 11.5. The highest BCUT2D eigenvalue weighted by Gasteiger charge is 2.27. The Morgan fingerprint density at radius 3 is 2.88 bits per heavy atom. The molecule has 0 radical (unpaired) electrons. The van der Waals surface area contributed by atoms with Gasteiger partial charge in [-0.05, 0) is 27.2 Å². The molecule has 0 aliphatic carbocycles. The Morgan fingerprint density at radius 2 is 2.29 bits per heavy atom. The summed E-state index contributed by atoms with van der Waals surface area (Å²) < 4.78 is 0. The van der Waals surface area contributed by atoms with Gasteiger partial charge in [0, 0.05) is 31.1 Å². The molecule has 0 aromatic carbocycles. The van der Waals surface area contributed by atoms with E-state index < -0.39 is 0 Å². The van der Waals surface area contributed by atoms with Crippen LogP contribution in [0.15, 0.2) is 12.2 Å². The van der Waals surface area contributed by atoms with Crippen LogP contribution in [-0.4, -0.2) is 35.6 Å². The van der Waals surface area contributed by atoms with Gasteiger partial charge in [-0.15, -0.1) is 0 Å². The number of carbonyl (C=O) groups is 1. The summed E-state index contributed by atoms with van der Waals surface area (Å²) in [6, 6.07) is 0. The molecule has 1 fully saturated rings. The Balaban J connectivity index is 2.35. The average Bonchev–Trinajstić information content (AvgIpc) is 2.62. The largest absolute Gasteiger partial charge is 0.348 e. The first-order chi connectivity index (χ1) is 7.92. The minimum absolute atomic E-state index is 0.00493. The van der Waals surface area contributed by atoms with Crippen molar-refractivity contribution in [2.24, 2.45) is 0 Å². The van der Waals surface area contributed by atoms with Crippen LogP contribution in [0.3, 0.4) is 0 Å². The van der Waals surface area contributed by atoms with E-state index in [-0.39, 0.29) is 17.6 Å². The summed E-state index contributed by atoms with van der Waals surface area (Å²) in [4.78, 5) is 17.2. The van der Waals surface area contributed by atoms with Crippen molar-refractivity contribution in [3.05, 3.63) is 23.6 Å². The molecule has 1 amide bonds. The van der Waals surface area contributed by atoms with Gasteiger partial charge in [0.25, 0.3) is 6.17 Å². The number of amides is 1. The molecule has 94 valence electrons. The van der Waals surface area contributed by atoms with E-state index in [9.17, 15) is 4.79 Å². The van der Waals surface area contributed by atoms with Crippen LogP contribution in [0.5, 0.6) is 0 Å². The third-order valence-corrected chi connectivity index (χ3v) is 2.59. The number of carbonyl (C=O) groups excluding carboxylic acids is 1. The number of hydrogen-bond donors (Lipinski definition) is 1. The van der Waals surface area contributed by atoms with Crippen LogP contribution in [0.2, 0.25) is 0 Å². The molecule has 0 bridgehead atoms. The van der Waals surface area contributed by atoms with Crippen molar-refractivity contribution >= 4 is 5.91 Å². The van der Waals surface area contributed by atoms with Crippen molar-refractivity contribution < 1.29 is 4.79 Å². The minimum Gasteiger partial charge on any atom is -0.348 e. The number of nitrogens with one attached hydrogen (secondary N) is 1. The van der Waals surface area contributed by atoms with Crippen LogP contribution in [0.1, 0.15) is 33.6 Å². The topological polar surface area (TPSA) is 36.7 Å². The summed E-state index contributed by atoms with van der Waals surface area (Å²) in [5.41, 5.74) is -0.200. The van der Waals surface area contributed by atoms with Gasteiger partial charge in [-0.2, -0.15) is 0 Å². The lowest BCUT2D eigenvalue weighted by Gasteiger charge is -2.19. The fourth-order valence-electron chi connectivity index (χ4n) is 1.87. The van der Waals surface area contributed by atoms with E-state index in [1.54, 1.807) is 6.08 Å². The van der Waals surface area contributed by atoms with Crippen LogP contribution in [0.4, 0.5) is 0 Å². The highest BCUT2D eigenvalue weighted by Crippen LogP contribution is 2.17. The van der Waals surface area contributed by atoms with E-state index in [2.05, 4.69) is 15.1 Å². The normalized spacial score (nSPS) is 21.6. The molecule has 0 spiro atoms. The zero-order valence-corrected chi connectivity index (χ0v) is 10.9. The van der Waals surface area contributed by atoms with E-state index >= 15 is 0 Å². The van der Waals surface area contributed by atoms with Crippen molar-refractivity contribution in [3.8, 4) is 0 Å². The summed E-state index contributed by atoms with van der Waals surface area (Å²) in [6.45, 7) is 14.5. The van der Waals surface area contributed by atoms with Gasteiger partial charge in [0.05, 0.1) is 0 Å². The molecule has 1 unspecified atom stereocenters. The number of hydrogen-bond acceptors (Lipinski definition) is 2. The van der Waals surface area contributed by atoms with E-state index in [4.69, 9.17) is 6.57 Å². The second-order valence-electron chi connectivity index (χ2n) is 5.39. The number of nitrogens with zero attached hydrogens (tertiary/aromatic N) is 2. The molecule has 4 nitrogen and oxygen atoms in total. The lowest BCUT2D eigenvalue weighted by Crippen LogP contribution is -2.39. The second-order valence-corrected chi connectivity index (χ2v) is 5.39. The van der Waals surface area contributed by atoms with Crippen LogP contribution in [-0.2, 0) is 4.79 Å². The maximum atomic E-state index is 11.5. The van der Waals surface area contributed by atoms with Crippen molar-refractivity contribution in [1.29, 1.82) is 0 Å². The lowest BCUT2D eigenvalue weighted by molar-refractivity contribution is -0.117. The van der Waals surface area contributed by atoms with Crippen LogP contribution >= 0.6 is 0 Å². The van der Waals surface area contributed by atoms with E-state index in [0.29, 0.717) is 6.54 Å². The molecule has 0 aromatic heterocycles. The highest BCUT2D eigenvalue weighted by molar-refractivity contribution is 5.87. The third kappa shape index (κ3) is 5.01. The van der Waals surface area contributed by atoms with E-state index in [1.807, 2.05) is 26.8 Å². The molecule has 1 saturated heterocycles. The van der Waals surface area contributed by atoms with Crippen LogP contribution in [0, 0.1) is 6.57 Å². The van der Waals surface area contributed by atoms with E-state index in [1.165, 1.54) is 0 Å². The van der Waals surface area contributed by atoms with Crippen molar-refractivity contribution in [2.75, 3.05) is 13.1 Å². The quantitative estimate of drug-likeness (QED) is 0.598. The van der Waals surface area contributed by atoms with Gasteiger partial charge in [0.2, 0.25) is 5.91 Å². The van der Waals surface area contributed by atoms with Gasteiger partial charge in [-0.25, -0.2) is 11.5 Å². The highest BCUT2D eigenvalue weighted by atomic mass is 16.1. The van der Waals surface area contributed by atoms with Crippen molar-refractivity contribution in [3.63, 3.8) is 0 Å². The average molecular weight is 235 g/mol. The summed E-state index contributed by atoms with van der Waals surface area (Å²) in [5, 5.41) is 2.86. The number of likely N-dealkylation sites (tertiary alicyclic amines) is 1. The van der Waals surface area contributed by atoms with Gasteiger partial charge in [-0.1, -0.05) is 6.08 Å². The molecule has 1 rings (SSSR count). The summed E-state index contributed by atoms with van der Waals surface area (Å²) >= 11 is 0. The molecule has 1 aliphatic rings. The molecule has 17 heavy (non-hydrogen) atoms. The van der Waals surface area contributed by atoms with Crippen molar-refractivity contribution in [1.82, 2.24) is 10.2 Å². The fourth-order valence-corrected chi connectivity index (χ4v) is 1.87. The van der Waals surface area contributed by atoms with E-state index in [0.717, 1.165) is 19.4 Å². The summed E-state index contributed by atoms with van der Waals surface area (Å²) in [7, 11) is 0. The third-order valence-electron chi connectivity index (χ3n) is 2.59. The van der Waals surface area contributed by atoms with Gasteiger partial charge >= 0.3 is 0 Å². The lowest BCUT2D eigenvalue weighted by atomic mass is 10.1. The monoisotopic (exact) mass is 235 g/mol. The van der Waals surface area contributed by atoms with Gasteiger partial charge in [0.1, 0.15) is 0 Å². The fraction of sp³-hybridized carbons (Fsp3) is 0.692. The molecule has 1 atom stereocenters. The maximum Gasteiger partial charge on any atom is 0.280 e. The zero-order valence-electron chi connectivity index (χ0n) is 10.9. The van der Waals surface area contributed by atoms with Crippen LogP contribution in [0.25, 0.3) is 4.85 Å². The molecule has 1 N–H and O–H groups in total. The van der Waals surface area contributed by atoms with Crippen molar-refractivity contribution in [2.45, 2.75) is 45.3 Å². The molecular weight excluding hydrogens is 214 g/mol. The van der Waals surface area contributed by atoms with Gasteiger partial charge < -0.3 is 5.32 Å². The SMILES string of the molecule is [C-]#[N+]C1CCCN1C/C=C/C(=O)NC(C)(C)C. The molecule has 4 heteroatoms. The Labute approximate surface area is 103 Å². The van der Waals surface area contributed by atoms with Crippen LogP contribution < -0.4 is 5.32 Å². The predicted molar refractivity (Wildman–Crippen MR) is 68.2 cm³/mol. The molecule has 0 aromatic rings. The molecule has 1 aliphatic heterocycles. The Morgan fingerprint density at radius 1 is 1.59 bits per heavy atom. The van der Waals surface area contributed by atoms with Gasteiger partial charge in [-0.3, -0.25) is 9.64 Å². The number of rotatable bonds is 3.